The zero-order valence-corrected chi connectivity index (χ0v) is 32.6. The summed E-state index contributed by atoms with van der Waals surface area (Å²) in [5, 5.41) is 31.5. The average molecular weight is 825 g/mol. The smallest absolute Gasteiger partial charge is 0.411 e. The fourth-order valence-electron chi connectivity index (χ4n) is 6.59. The summed E-state index contributed by atoms with van der Waals surface area (Å²) in [5.74, 6) is -18.0. The van der Waals surface area contributed by atoms with Crippen LogP contribution in [0.25, 0.3) is 22.5 Å². The van der Waals surface area contributed by atoms with Crippen LogP contribution in [0, 0.1) is 18.8 Å². The third-order valence-corrected chi connectivity index (χ3v) is 9.82. The fraction of sp³-hybridized carbons (Fsp3) is 0.390. The topological polar surface area (TPSA) is 213 Å². The minimum absolute atomic E-state index is 0.0783. The van der Waals surface area contributed by atoms with Crippen molar-refractivity contribution in [2.75, 3.05) is 11.9 Å². The molecule has 0 saturated heterocycles. The Kier molecular flexibility index (Phi) is 13.1. The van der Waals surface area contributed by atoms with Gasteiger partial charge in [-0.1, -0.05) is 30.3 Å². The van der Waals surface area contributed by atoms with Crippen LogP contribution in [0.1, 0.15) is 73.8 Å². The highest BCUT2D eigenvalue weighted by Crippen LogP contribution is 2.42. The Morgan fingerprint density at radius 3 is 2.08 bits per heavy atom. The Balaban J connectivity index is 1.29. The third-order valence-electron chi connectivity index (χ3n) is 9.82. The summed E-state index contributed by atoms with van der Waals surface area (Å²) in [5.41, 5.74) is 2.91. The van der Waals surface area contributed by atoms with E-state index in [-0.39, 0.29) is 35.1 Å². The first kappa shape index (κ1) is 43.8. The molecule has 1 atom stereocenters. The van der Waals surface area contributed by atoms with E-state index in [1.54, 1.807) is 57.1 Å². The molecule has 0 radical (unpaired) electrons. The molecule has 18 heteroatoms. The van der Waals surface area contributed by atoms with E-state index >= 15 is 0 Å². The Morgan fingerprint density at radius 1 is 0.881 bits per heavy atom. The number of aromatic carboxylic acids is 1. The number of hydrogen-bond acceptors (Lipinski definition) is 8. The summed E-state index contributed by atoms with van der Waals surface area (Å²) >= 11 is 0. The molecule has 14 nitrogen and oxygen atoms in total. The monoisotopic (exact) mass is 824 g/mol. The largest absolute Gasteiger partial charge is 0.478 e. The minimum Gasteiger partial charge on any atom is -0.478 e. The lowest BCUT2D eigenvalue weighted by Crippen LogP contribution is -2.48. The number of hydrogen-bond donors (Lipinski definition) is 6. The van der Waals surface area contributed by atoms with Crippen LogP contribution in [-0.2, 0) is 31.5 Å². The van der Waals surface area contributed by atoms with E-state index in [0.717, 1.165) is 16.7 Å². The van der Waals surface area contributed by atoms with Crippen LogP contribution in [0.15, 0.2) is 66.7 Å². The van der Waals surface area contributed by atoms with Crippen LogP contribution in [-0.4, -0.2) is 79.4 Å². The lowest BCUT2D eigenvalue weighted by molar-refractivity contribution is -0.231. The molecule has 3 aromatic carbocycles. The summed E-state index contributed by atoms with van der Waals surface area (Å²) in [4.78, 5) is 65.1. The van der Waals surface area contributed by atoms with Gasteiger partial charge in [0.2, 0.25) is 17.6 Å². The van der Waals surface area contributed by atoms with Gasteiger partial charge < -0.3 is 30.9 Å². The molecule has 4 aromatic rings. The molecule has 59 heavy (non-hydrogen) atoms. The second-order valence-electron chi connectivity index (χ2n) is 15.4. The first-order valence-electron chi connectivity index (χ1n) is 18.7. The van der Waals surface area contributed by atoms with Gasteiger partial charge in [0.15, 0.2) is 5.82 Å². The molecule has 3 amide bonds. The van der Waals surface area contributed by atoms with E-state index in [0.29, 0.717) is 37.8 Å². The number of aromatic nitrogens is 3. The van der Waals surface area contributed by atoms with Crippen LogP contribution >= 0.6 is 0 Å². The number of nitrogens with zero attached hydrogens (tertiary/aromatic N) is 2. The van der Waals surface area contributed by atoms with Crippen LogP contribution < -0.4 is 16.0 Å². The summed E-state index contributed by atoms with van der Waals surface area (Å²) in [7, 11) is 0. The number of aryl methyl sites for hydroxylation is 1. The number of carbonyl (C=O) groups is 5. The molecular formula is C41H44F4N6O8. The number of alkyl halides is 4. The number of halogens is 4. The van der Waals surface area contributed by atoms with E-state index in [1.165, 1.54) is 30.3 Å². The van der Waals surface area contributed by atoms with Crippen molar-refractivity contribution < 1.29 is 56.5 Å². The number of aliphatic carboxylic acids is 1. The highest BCUT2D eigenvalue weighted by Gasteiger charge is 2.65. The molecule has 0 aliphatic heterocycles. The van der Waals surface area contributed by atoms with Gasteiger partial charge in [-0.05, 0) is 118 Å². The number of amides is 3. The number of carbonyl (C=O) groups excluding carboxylic acids is 3. The Morgan fingerprint density at radius 2 is 1.51 bits per heavy atom. The van der Waals surface area contributed by atoms with Gasteiger partial charge in [-0.25, -0.2) is 19.4 Å². The van der Waals surface area contributed by atoms with Gasteiger partial charge in [0, 0.05) is 30.1 Å². The number of aromatic amines is 1. The van der Waals surface area contributed by atoms with E-state index < -0.39 is 65.0 Å². The molecule has 0 spiro atoms. The number of rotatable bonds is 14. The molecule has 6 N–H and O–H groups in total. The molecule has 0 bridgehead atoms. The zero-order chi connectivity index (χ0) is 43.3. The van der Waals surface area contributed by atoms with Gasteiger partial charge in [-0.2, -0.15) is 22.7 Å². The number of nitrogens with one attached hydrogen (secondary N) is 4. The predicted molar refractivity (Wildman–Crippen MR) is 206 cm³/mol. The highest BCUT2D eigenvalue weighted by atomic mass is 19.3. The Bertz CT molecular complexity index is 2180. The lowest BCUT2D eigenvalue weighted by Gasteiger charge is -2.29. The van der Waals surface area contributed by atoms with Gasteiger partial charge in [-0.15, -0.1) is 0 Å². The lowest BCUT2D eigenvalue weighted by atomic mass is 9.81. The predicted octanol–water partition coefficient (Wildman–Crippen LogP) is 6.95. The molecule has 1 fully saturated rings. The van der Waals surface area contributed by atoms with Gasteiger partial charge in [0.25, 0.3) is 0 Å². The number of carboxylic acids is 2. The van der Waals surface area contributed by atoms with Crippen molar-refractivity contribution in [3.8, 4) is 22.5 Å². The van der Waals surface area contributed by atoms with Crippen molar-refractivity contribution in [2.24, 2.45) is 11.8 Å². The normalized spacial score (nSPS) is 16.4. The summed E-state index contributed by atoms with van der Waals surface area (Å²) in [6.45, 7) is 7.51. The molecule has 314 valence electrons. The number of benzene rings is 3. The molecule has 1 unspecified atom stereocenters. The highest BCUT2D eigenvalue weighted by molar-refractivity contribution is 5.98. The Hall–Kier alpha value is -6.33. The van der Waals surface area contributed by atoms with Gasteiger partial charge in [0.1, 0.15) is 11.6 Å². The maximum Gasteiger partial charge on any atom is 0.411 e. The quantitative estimate of drug-likeness (QED) is 0.0720. The van der Waals surface area contributed by atoms with Gasteiger partial charge in [-0.3, -0.25) is 14.7 Å². The minimum atomic E-state index is -5.46. The molecule has 1 heterocycles. The summed E-state index contributed by atoms with van der Waals surface area (Å²) in [6.07, 6.45) is 1.95. The van der Waals surface area contributed by atoms with Crippen molar-refractivity contribution in [1.29, 1.82) is 0 Å². The maximum atomic E-state index is 14.3. The van der Waals surface area contributed by atoms with Gasteiger partial charge >= 0.3 is 29.9 Å². The van der Waals surface area contributed by atoms with Crippen molar-refractivity contribution in [3.05, 3.63) is 89.2 Å². The number of carboxylic acid groups (broad SMARTS) is 2. The van der Waals surface area contributed by atoms with Crippen LogP contribution in [0.5, 0.6) is 0 Å². The van der Waals surface area contributed by atoms with E-state index in [9.17, 15) is 46.6 Å². The SMILES string of the molecule is Cc1cc(C(=O)O)ccc1-c1ccc(CC(NC(=O)C2CCC(CNC(=O)OC(C)(C)C)CC2)C(=O)Nc2ccc(-c3n[nH]c(C(F)(F)C(F)(F)C(=O)O)n3)cc2)cc1. The number of alkyl carbamates (subject to hydrolysis) is 1. The number of H-pyrrole nitrogens is 1. The van der Waals surface area contributed by atoms with E-state index in [1.807, 2.05) is 12.1 Å². The maximum absolute atomic E-state index is 14.3. The van der Waals surface area contributed by atoms with Crippen LogP contribution in [0.2, 0.25) is 0 Å². The molecular weight excluding hydrogens is 780 g/mol. The molecule has 5 rings (SSSR count). The third kappa shape index (κ3) is 10.8. The van der Waals surface area contributed by atoms with Crippen molar-refractivity contribution in [1.82, 2.24) is 25.8 Å². The van der Waals surface area contributed by atoms with Crippen LogP contribution in [0.3, 0.4) is 0 Å². The number of ether oxygens (including phenoxy) is 1. The standard InChI is InChI=1S/C41H44F4N6O8/c1-22-19-28(35(54)55)15-18-30(22)25-9-5-23(6-10-25)20-31(48-33(52)27-11-7-24(8-12-27)21-46-38(58)59-39(2,3)4)34(53)47-29-16-13-26(14-17-29)32-49-36(51-50-32)40(42,43)41(44,45)37(56)57/h5-6,9-10,13-19,24,27,31H,7-8,11-12,20-21H2,1-4H3,(H,46,58)(H,47,53)(H,48,52)(H,54,55)(H,56,57)(H,49,50,51). The van der Waals surface area contributed by atoms with E-state index in [2.05, 4.69) is 26.0 Å². The van der Waals surface area contributed by atoms with Crippen molar-refractivity contribution in [2.45, 2.75) is 83.3 Å². The second-order valence-corrected chi connectivity index (χ2v) is 15.4. The summed E-state index contributed by atoms with van der Waals surface area (Å²) < 4.78 is 61.2. The van der Waals surface area contributed by atoms with E-state index in [4.69, 9.17) is 9.84 Å². The van der Waals surface area contributed by atoms with Crippen molar-refractivity contribution >= 4 is 35.5 Å². The number of anilines is 1. The fourth-order valence-corrected chi connectivity index (χ4v) is 6.59. The second kappa shape index (κ2) is 17.7. The molecule has 1 saturated carbocycles. The molecule has 1 aliphatic rings. The molecule has 1 aliphatic carbocycles. The Labute approximate surface area is 336 Å². The zero-order valence-electron chi connectivity index (χ0n) is 32.6. The van der Waals surface area contributed by atoms with Crippen molar-refractivity contribution in [3.63, 3.8) is 0 Å². The average Bonchev–Trinajstić information content (AvgIpc) is 3.68. The first-order valence-corrected chi connectivity index (χ1v) is 18.7. The summed E-state index contributed by atoms with van der Waals surface area (Å²) in [6, 6.07) is 16.4. The first-order chi connectivity index (χ1) is 27.6. The van der Waals surface area contributed by atoms with Crippen LogP contribution in [0.4, 0.5) is 28.0 Å². The molecule has 1 aromatic heterocycles. The van der Waals surface area contributed by atoms with Gasteiger partial charge in [0.05, 0.1) is 5.56 Å².